The van der Waals surface area contributed by atoms with Crippen LogP contribution >= 0.6 is 0 Å². The Morgan fingerprint density at radius 1 is 1.48 bits per heavy atom. The maximum atomic E-state index is 11.4. The number of nitrogens with zero attached hydrogens (tertiary/aromatic N) is 2. The van der Waals surface area contributed by atoms with Gasteiger partial charge in [0.05, 0.1) is 37.8 Å². The lowest BCUT2D eigenvalue weighted by Gasteiger charge is -2.33. The zero-order valence-corrected chi connectivity index (χ0v) is 13.2. The van der Waals surface area contributed by atoms with Gasteiger partial charge in [0.15, 0.2) is 0 Å². The van der Waals surface area contributed by atoms with Crippen molar-refractivity contribution in [2.75, 3.05) is 45.4 Å². The maximum absolute atomic E-state index is 11.4. The molecule has 1 saturated heterocycles. The SMILES string of the molecule is COCC1CN(c2ccc(CC(=O)OC)cc2[N+](=O)[O-])CCO1. The minimum atomic E-state index is -0.434. The molecule has 0 saturated carbocycles. The van der Waals surface area contributed by atoms with Gasteiger partial charge in [0.1, 0.15) is 5.69 Å². The molecule has 0 amide bonds. The molecule has 126 valence electrons. The van der Waals surface area contributed by atoms with Crippen LogP contribution < -0.4 is 4.90 Å². The Morgan fingerprint density at radius 2 is 2.26 bits per heavy atom. The summed E-state index contributed by atoms with van der Waals surface area (Å²) in [4.78, 5) is 24.2. The van der Waals surface area contributed by atoms with Gasteiger partial charge in [-0.1, -0.05) is 6.07 Å². The Morgan fingerprint density at radius 3 is 2.91 bits per heavy atom. The average molecular weight is 324 g/mol. The van der Waals surface area contributed by atoms with Gasteiger partial charge in [-0.05, 0) is 11.6 Å². The number of nitro benzene ring substituents is 1. The molecule has 1 atom stereocenters. The van der Waals surface area contributed by atoms with Crippen molar-refractivity contribution >= 4 is 17.3 Å². The fraction of sp³-hybridized carbons (Fsp3) is 0.533. The lowest BCUT2D eigenvalue weighted by Crippen LogP contribution is -2.44. The van der Waals surface area contributed by atoms with Crippen LogP contribution in [0.25, 0.3) is 0 Å². The average Bonchev–Trinajstić information content (AvgIpc) is 2.55. The summed E-state index contributed by atoms with van der Waals surface area (Å²) in [5.41, 5.74) is 1.05. The number of hydrogen-bond donors (Lipinski definition) is 0. The van der Waals surface area contributed by atoms with Crippen molar-refractivity contribution in [1.29, 1.82) is 0 Å². The lowest BCUT2D eigenvalue weighted by molar-refractivity contribution is -0.384. The fourth-order valence-electron chi connectivity index (χ4n) is 2.56. The molecule has 1 aliphatic rings. The summed E-state index contributed by atoms with van der Waals surface area (Å²) in [7, 11) is 2.88. The first-order chi connectivity index (χ1) is 11.0. The van der Waals surface area contributed by atoms with Gasteiger partial charge < -0.3 is 19.1 Å². The predicted molar refractivity (Wildman–Crippen MR) is 82.6 cm³/mol. The summed E-state index contributed by atoms with van der Waals surface area (Å²) < 4.78 is 15.2. The molecule has 0 bridgehead atoms. The van der Waals surface area contributed by atoms with Gasteiger partial charge in [0.25, 0.3) is 5.69 Å². The Labute approximate surface area is 134 Å². The van der Waals surface area contributed by atoms with Gasteiger partial charge in [-0.3, -0.25) is 14.9 Å². The van der Waals surface area contributed by atoms with Crippen molar-refractivity contribution in [3.63, 3.8) is 0 Å². The van der Waals surface area contributed by atoms with Gasteiger partial charge in [0, 0.05) is 26.3 Å². The van der Waals surface area contributed by atoms with E-state index in [1.807, 2.05) is 4.90 Å². The monoisotopic (exact) mass is 324 g/mol. The smallest absolute Gasteiger partial charge is 0.309 e. The first-order valence-corrected chi connectivity index (χ1v) is 7.24. The molecule has 1 aromatic rings. The van der Waals surface area contributed by atoms with E-state index in [0.29, 0.717) is 37.6 Å². The van der Waals surface area contributed by atoms with Crippen molar-refractivity contribution < 1.29 is 23.9 Å². The highest BCUT2D eigenvalue weighted by Crippen LogP contribution is 2.30. The molecule has 0 aliphatic carbocycles. The standard InChI is InChI=1S/C15H20N2O6/c1-21-10-12-9-16(5-6-23-12)13-4-3-11(8-15(18)22-2)7-14(13)17(19)20/h3-4,7,12H,5-6,8-10H2,1-2H3. The summed E-state index contributed by atoms with van der Waals surface area (Å²) in [5, 5.41) is 11.4. The molecule has 0 N–H and O–H groups in total. The lowest BCUT2D eigenvalue weighted by atomic mass is 10.1. The van der Waals surface area contributed by atoms with E-state index in [-0.39, 0.29) is 18.2 Å². The van der Waals surface area contributed by atoms with E-state index in [1.165, 1.54) is 13.2 Å². The number of hydrogen-bond acceptors (Lipinski definition) is 7. The normalized spacial score (nSPS) is 17.8. The number of esters is 1. The number of benzene rings is 1. The van der Waals surface area contributed by atoms with Gasteiger partial charge in [0.2, 0.25) is 0 Å². The predicted octanol–water partition coefficient (Wildman–Crippen LogP) is 1.16. The maximum Gasteiger partial charge on any atom is 0.309 e. The zero-order valence-electron chi connectivity index (χ0n) is 13.2. The molecule has 2 rings (SSSR count). The summed E-state index contributed by atoms with van der Waals surface area (Å²) in [6.07, 6.45) is -0.115. The first-order valence-electron chi connectivity index (χ1n) is 7.24. The van der Waals surface area contributed by atoms with Crippen LogP contribution in [0, 0.1) is 10.1 Å². The minimum Gasteiger partial charge on any atom is -0.469 e. The second kappa shape index (κ2) is 7.89. The summed E-state index contributed by atoms with van der Waals surface area (Å²) in [6.45, 7) is 2.00. The molecule has 0 radical (unpaired) electrons. The van der Waals surface area contributed by atoms with Gasteiger partial charge in [-0.15, -0.1) is 0 Å². The first kappa shape index (κ1) is 17.2. The van der Waals surface area contributed by atoms with Crippen LogP contribution in [0.2, 0.25) is 0 Å². The van der Waals surface area contributed by atoms with E-state index >= 15 is 0 Å². The van der Waals surface area contributed by atoms with E-state index in [0.717, 1.165) is 0 Å². The Bertz CT molecular complexity index is 575. The summed E-state index contributed by atoms with van der Waals surface area (Å²) in [5.74, 6) is -0.432. The third-order valence-electron chi connectivity index (χ3n) is 3.64. The molecule has 1 fully saturated rings. The van der Waals surface area contributed by atoms with Crippen molar-refractivity contribution in [2.24, 2.45) is 0 Å². The Kier molecular flexibility index (Phi) is 5.89. The van der Waals surface area contributed by atoms with Crippen LogP contribution in [0.15, 0.2) is 18.2 Å². The Balaban J connectivity index is 2.23. The molecular formula is C15H20N2O6. The summed E-state index contributed by atoms with van der Waals surface area (Å²) in [6, 6.07) is 4.80. The minimum absolute atomic E-state index is 0.00698. The van der Waals surface area contributed by atoms with E-state index in [1.54, 1.807) is 19.2 Å². The largest absolute Gasteiger partial charge is 0.469 e. The van der Waals surface area contributed by atoms with E-state index in [9.17, 15) is 14.9 Å². The molecule has 0 spiro atoms. The molecular weight excluding hydrogens is 304 g/mol. The molecule has 1 unspecified atom stereocenters. The van der Waals surface area contributed by atoms with Crippen molar-refractivity contribution in [3.8, 4) is 0 Å². The number of anilines is 1. The number of nitro groups is 1. The van der Waals surface area contributed by atoms with Gasteiger partial charge in [-0.2, -0.15) is 0 Å². The quantitative estimate of drug-likeness (QED) is 0.440. The van der Waals surface area contributed by atoms with E-state index in [4.69, 9.17) is 9.47 Å². The van der Waals surface area contributed by atoms with Crippen LogP contribution in [-0.2, 0) is 25.4 Å². The molecule has 8 heteroatoms. The van der Waals surface area contributed by atoms with Crippen LogP contribution in [0.1, 0.15) is 5.56 Å². The molecule has 0 aromatic heterocycles. The number of methoxy groups -OCH3 is 2. The molecule has 8 nitrogen and oxygen atoms in total. The summed E-state index contributed by atoms with van der Waals surface area (Å²) >= 11 is 0. The molecule has 23 heavy (non-hydrogen) atoms. The molecule has 1 heterocycles. The van der Waals surface area contributed by atoms with E-state index < -0.39 is 10.9 Å². The van der Waals surface area contributed by atoms with Crippen LogP contribution in [0.4, 0.5) is 11.4 Å². The van der Waals surface area contributed by atoms with E-state index in [2.05, 4.69) is 4.74 Å². The molecule has 1 aromatic carbocycles. The number of ether oxygens (including phenoxy) is 3. The van der Waals surface area contributed by atoms with Crippen LogP contribution in [0.5, 0.6) is 0 Å². The molecule has 1 aliphatic heterocycles. The van der Waals surface area contributed by atoms with Crippen LogP contribution in [0.3, 0.4) is 0 Å². The fourth-order valence-corrected chi connectivity index (χ4v) is 2.56. The number of carbonyl (C=O) groups excluding carboxylic acids is 1. The topological polar surface area (TPSA) is 91.1 Å². The highest BCUT2D eigenvalue weighted by Gasteiger charge is 2.26. The Hall–Kier alpha value is -2.19. The zero-order chi connectivity index (χ0) is 16.8. The van der Waals surface area contributed by atoms with Crippen LogP contribution in [-0.4, -0.2) is 57.5 Å². The highest BCUT2D eigenvalue weighted by atomic mass is 16.6. The van der Waals surface area contributed by atoms with Crippen molar-refractivity contribution in [1.82, 2.24) is 0 Å². The third kappa shape index (κ3) is 4.40. The second-order valence-electron chi connectivity index (χ2n) is 5.23. The number of morpholine rings is 1. The highest BCUT2D eigenvalue weighted by molar-refractivity contribution is 5.74. The third-order valence-corrected chi connectivity index (χ3v) is 3.64. The van der Waals surface area contributed by atoms with Gasteiger partial charge >= 0.3 is 5.97 Å². The second-order valence-corrected chi connectivity index (χ2v) is 5.23. The number of carbonyl (C=O) groups is 1. The van der Waals surface area contributed by atoms with Crippen molar-refractivity contribution in [2.45, 2.75) is 12.5 Å². The van der Waals surface area contributed by atoms with Crippen molar-refractivity contribution in [3.05, 3.63) is 33.9 Å². The number of rotatable bonds is 6. The van der Waals surface area contributed by atoms with Gasteiger partial charge in [-0.25, -0.2) is 0 Å².